The van der Waals surface area contributed by atoms with E-state index in [0.29, 0.717) is 11.1 Å². The van der Waals surface area contributed by atoms with Crippen LogP contribution in [0.2, 0.25) is 0 Å². The number of hydrogen-bond donors (Lipinski definition) is 2. The van der Waals surface area contributed by atoms with E-state index in [9.17, 15) is 10.2 Å². The molecule has 0 saturated heterocycles. The number of benzene rings is 6. The molecule has 0 saturated carbocycles. The van der Waals surface area contributed by atoms with Crippen LogP contribution < -0.4 is 10.2 Å². The maximum Gasteiger partial charge on any atom is 2.00 e. The maximum absolute atomic E-state index is 11.2. The van der Waals surface area contributed by atoms with Crippen LogP contribution in [0.4, 0.5) is 0 Å². The molecule has 6 rings (SSSR count). The average Bonchev–Trinajstić information content (AvgIpc) is 3.13. The average molecular weight is 736 g/mol. The van der Waals surface area contributed by atoms with Crippen molar-refractivity contribution in [2.45, 2.75) is 13.8 Å². The van der Waals surface area contributed by atoms with Gasteiger partial charge < -0.3 is 30.0 Å². The van der Waals surface area contributed by atoms with Crippen molar-refractivity contribution in [3.05, 3.63) is 157 Å². The Labute approximate surface area is 313 Å². The number of aromatic hydroxyl groups is 2. The second kappa shape index (κ2) is 20.4. The molecule has 6 aromatic carbocycles. The van der Waals surface area contributed by atoms with E-state index < -0.39 is 11.9 Å². The molecule has 0 bridgehead atoms. The maximum atomic E-state index is 11.2. The van der Waals surface area contributed by atoms with Crippen LogP contribution in [0, 0.1) is 0 Å². The van der Waals surface area contributed by atoms with E-state index >= 15 is 0 Å². The first kappa shape index (κ1) is 40.1. The summed E-state index contributed by atoms with van der Waals surface area (Å²) in [5, 5.41) is 40.2. The molecule has 9 heteroatoms. The zero-order chi connectivity index (χ0) is 36.6. The van der Waals surface area contributed by atoms with Gasteiger partial charge in [0.15, 0.2) is 0 Å². The third-order valence-electron chi connectivity index (χ3n) is 7.29. The third-order valence-corrected chi connectivity index (χ3v) is 7.29. The minimum atomic E-state index is -1.08. The fourth-order valence-electron chi connectivity index (χ4n) is 5.11. The molecule has 0 heterocycles. The predicted octanol–water partition coefficient (Wildman–Crippen LogP) is 6.77. The van der Waals surface area contributed by atoms with Crippen LogP contribution in [0.15, 0.2) is 156 Å². The van der Waals surface area contributed by atoms with Crippen LogP contribution >= 0.6 is 0 Å². The van der Waals surface area contributed by atoms with Crippen molar-refractivity contribution in [2.24, 2.45) is 9.98 Å². The molecule has 1 radical (unpaired) electrons. The number of carboxylic acids is 2. The van der Waals surface area contributed by atoms with Gasteiger partial charge in [-0.05, 0) is 71.5 Å². The number of rotatable bonds is 8. The van der Waals surface area contributed by atoms with Gasteiger partial charge in [-0.2, -0.15) is 0 Å². The van der Waals surface area contributed by atoms with Gasteiger partial charge in [-0.25, -0.2) is 0 Å². The van der Waals surface area contributed by atoms with Crippen molar-refractivity contribution in [3.8, 4) is 56.0 Å². The number of carbonyl (C=O) groups is 2. The Hall–Kier alpha value is -6.29. The zero-order valence-electron chi connectivity index (χ0n) is 28.5. The summed E-state index contributed by atoms with van der Waals surface area (Å²) < 4.78 is 0. The summed E-state index contributed by atoms with van der Waals surface area (Å²) >= 11 is 0. The zero-order valence-corrected chi connectivity index (χ0v) is 29.5. The number of aliphatic imine (C=N–C) groups is 2. The third kappa shape index (κ3) is 11.9. The first-order valence-corrected chi connectivity index (χ1v) is 15.9. The summed E-state index contributed by atoms with van der Waals surface area (Å²) in [5.74, 6) is -1.83. The quantitative estimate of drug-likeness (QED) is 0.165. The van der Waals surface area contributed by atoms with E-state index in [1.807, 2.05) is 146 Å². The van der Waals surface area contributed by atoms with Crippen molar-refractivity contribution in [1.82, 2.24) is 0 Å². The molecular weight excluding hydrogens is 699 g/mol. The van der Waals surface area contributed by atoms with E-state index in [4.69, 9.17) is 19.8 Å². The van der Waals surface area contributed by atoms with Crippen LogP contribution in [0.25, 0.3) is 44.5 Å². The summed E-state index contributed by atoms with van der Waals surface area (Å²) in [4.78, 5) is 26.8. The monoisotopic (exact) mass is 735 g/mol. The molecule has 6 aromatic rings. The number of nitrogens with zero attached hydrogens (tertiary/aromatic N) is 2. The Morgan fingerprint density at radius 2 is 0.769 bits per heavy atom. The largest absolute Gasteiger partial charge is 2.00 e. The Morgan fingerprint density at radius 1 is 0.500 bits per heavy atom. The molecule has 263 valence electrons. The second-order valence-electron chi connectivity index (χ2n) is 11.1. The smallest absolute Gasteiger partial charge is 0.550 e. The van der Waals surface area contributed by atoms with Crippen molar-refractivity contribution >= 4 is 24.4 Å². The molecule has 2 N–H and O–H groups in total. The molecule has 0 aliphatic carbocycles. The molecule has 52 heavy (non-hydrogen) atoms. The van der Waals surface area contributed by atoms with Crippen molar-refractivity contribution < 1.29 is 46.8 Å². The van der Waals surface area contributed by atoms with Gasteiger partial charge in [0.25, 0.3) is 0 Å². The molecule has 0 atom stereocenters. The molecule has 0 aromatic heterocycles. The molecule has 8 nitrogen and oxygen atoms in total. The first-order chi connectivity index (χ1) is 24.6. The van der Waals surface area contributed by atoms with Crippen LogP contribution in [0.1, 0.15) is 25.0 Å². The van der Waals surface area contributed by atoms with Gasteiger partial charge in [0.1, 0.15) is 18.2 Å². The SMILES string of the molecule is CC(=O)[O-].CC(=O)[O-].Oc1c(C=NCN=Cc2cc(-c3ccccc3)cc(-c3ccccc3)c2O)cc(-c2ccccc2)cc1-c1ccccc1.[Co+2]. The minimum Gasteiger partial charge on any atom is -0.550 e. The van der Waals surface area contributed by atoms with Gasteiger partial charge in [0, 0.05) is 46.6 Å². The van der Waals surface area contributed by atoms with Gasteiger partial charge in [-0.3, -0.25) is 9.98 Å². The Balaban J connectivity index is 0.000000737. The number of hydrogen-bond acceptors (Lipinski definition) is 8. The van der Waals surface area contributed by atoms with Crippen molar-refractivity contribution in [3.63, 3.8) is 0 Å². The van der Waals surface area contributed by atoms with E-state index in [1.165, 1.54) is 0 Å². The summed E-state index contributed by atoms with van der Waals surface area (Å²) in [5.41, 5.74) is 8.61. The fraction of sp³-hybridized carbons (Fsp3) is 0.0698. The molecule has 0 aliphatic rings. The van der Waals surface area contributed by atoms with E-state index in [1.54, 1.807) is 12.4 Å². The van der Waals surface area contributed by atoms with Crippen molar-refractivity contribution in [1.29, 1.82) is 0 Å². The fourth-order valence-corrected chi connectivity index (χ4v) is 5.11. The molecule has 0 unspecified atom stereocenters. The molecular formula is C43H36CoN2O6. The molecule has 0 aliphatic heterocycles. The van der Waals surface area contributed by atoms with Crippen LogP contribution in [0.5, 0.6) is 11.5 Å². The van der Waals surface area contributed by atoms with E-state index in [2.05, 4.69) is 9.98 Å². The van der Waals surface area contributed by atoms with E-state index in [0.717, 1.165) is 58.4 Å². The van der Waals surface area contributed by atoms with Crippen LogP contribution in [-0.2, 0) is 26.4 Å². The van der Waals surface area contributed by atoms with Crippen LogP contribution in [-0.4, -0.2) is 41.2 Å². The van der Waals surface area contributed by atoms with Gasteiger partial charge in [0.05, 0.1) is 0 Å². The van der Waals surface area contributed by atoms with Gasteiger partial charge in [-0.1, -0.05) is 121 Å². The number of phenolic OH excluding ortho intramolecular Hbond substituents is 2. The first-order valence-electron chi connectivity index (χ1n) is 15.9. The van der Waals surface area contributed by atoms with Gasteiger partial charge in [0.2, 0.25) is 0 Å². The van der Waals surface area contributed by atoms with Crippen molar-refractivity contribution in [2.75, 3.05) is 6.67 Å². The summed E-state index contributed by atoms with van der Waals surface area (Å²) in [6.45, 7) is 2.07. The second-order valence-corrected chi connectivity index (χ2v) is 11.1. The van der Waals surface area contributed by atoms with Crippen LogP contribution in [0.3, 0.4) is 0 Å². The molecule has 0 spiro atoms. The summed E-state index contributed by atoms with van der Waals surface area (Å²) in [7, 11) is 0. The standard InChI is InChI=1S/C39H30N2O2.2C2H4O2.Co/c42-38-34(21-32(28-13-5-1-6-14-28)23-36(38)30-17-9-3-10-18-30)25-40-27-41-26-35-22-33(29-15-7-2-8-16-29)24-37(39(35)43)31-19-11-4-12-20-31;2*1-2(3)4;/h1-26,42-43H,27H2;2*1H3,(H,3,4);/q;;;+2/p-2. The molecule has 0 fully saturated rings. The number of carboxylic acid groups (broad SMARTS) is 2. The summed E-state index contributed by atoms with van der Waals surface area (Å²) in [6.07, 6.45) is 3.31. The Bertz CT molecular complexity index is 1940. The normalized spacial score (nSPS) is 10.3. The predicted molar refractivity (Wildman–Crippen MR) is 199 cm³/mol. The number of carbonyl (C=O) groups excluding carboxylic acids is 2. The Kier molecular flexibility index (Phi) is 15.7. The van der Waals surface area contributed by atoms with Gasteiger partial charge in [-0.15, -0.1) is 0 Å². The number of phenols is 2. The topological polar surface area (TPSA) is 145 Å². The molecule has 0 amide bonds. The van der Waals surface area contributed by atoms with E-state index in [-0.39, 0.29) is 34.9 Å². The minimum absolute atomic E-state index is 0. The number of aliphatic carboxylic acids is 2. The van der Waals surface area contributed by atoms with Gasteiger partial charge >= 0.3 is 16.8 Å². The Morgan fingerprint density at radius 3 is 1.06 bits per heavy atom. The summed E-state index contributed by atoms with van der Waals surface area (Å²) in [6, 6.07) is 47.7.